The highest BCUT2D eigenvalue weighted by molar-refractivity contribution is 6.31. The number of rotatable bonds is 7. The molecular formula is C17H27ClN4O. The molecule has 0 aromatic heterocycles. The Labute approximate surface area is 144 Å². The van der Waals surface area contributed by atoms with Crippen molar-refractivity contribution < 1.29 is 4.79 Å². The fraction of sp³-hybridized carbons (Fsp3) is 0.529. The maximum absolute atomic E-state index is 11.5. The summed E-state index contributed by atoms with van der Waals surface area (Å²) < 4.78 is 0. The van der Waals surface area contributed by atoms with Crippen molar-refractivity contribution in [1.82, 2.24) is 15.5 Å². The summed E-state index contributed by atoms with van der Waals surface area (Å²) in [6.45, 7) is 8.30. The van der Waals surface area contributed by atoms with Crippen LogP contribution in [0.1, 0.15) is 26.3 Å². The lowest BCUT2D eigenvalue weighted by Crippen LogP contribution is -2.39. The average molecular weight is 339 g/mol. The van der Waals surface area contributed by atoms with Crippen LogP contribution in [0.4, 0.5) is 0 Å². The van der Waals surface area contributed by atoms with Gasteiger partial charge in [-0.05, 0) is 18.6 Å². The smallest absolute Gasteiger partial charge is 0.222 e. The van der Waals surface area contributed by atoms with Crippen LogP contribution in [-0.2, 0) is 11.3 Å². The van der Waals surface area contributed by atoms with Gasteiger partial charge in [0.1, 0.15) is 0 Å². The summed E-state index contributed by atoms with van der Waals surface area (Å²) in [5.74, 6) is 0.843. The highest BCUT2D eigenvalue weighted by Crippen LogP contribution is 2.16. The van der Waals surface area contributed by atoms with Gasteiger partial charge in [0.05, 0.1) is 6.54 Å². The lowest BCUT2D eigenvalue weighted by molar-refractivity contribution is -0.123. The number of nitrogens with one attached hydrogen (secondary N) is 2. The Morgan fingerprint density at radius 2 is 2.00 bits per heavy atom. The molecule has 0 radical (unpaired) electrons. The summed E-state index contributed by atoms with van der Waals surface area (Å²) in [5, 5.41) is 6.87. The molecule has 0 bridgehead atoms. The molecule has 128 valence electrons. The topological polar surface area (TPSA) is 56.7 Å². The minimum Gasteiger partial charge on any atom is -0.357 e. The molecule has 0 aliphatic carbocycles. The van der Waals surface area contributed by atoms with Gasteiger partial charge in [-0.3, -0.25) is 9.79 Å². The lowest BCUT2D eigenvalue weighted by atomic mass is 10.2. The zero-order valence-corrected chi connectivity index (χ0v) is 15.2. The van der Waals surface area contributed by atoms with E-state index in [0.29, 0.717) is 19.6 Å². The number of amides is 1. The van der Waals surface area contributed by atoms with Crippen molar-refractivity contribution in [1.29, 1.82) is 0 Å². The molecule has 0 saturated carbocycles. The van der Waals surface area contributed by atoms with Gasteiger partial charge in [0.15, 0.2) is 5.96 Å². The number of carbonyl (C=O) groups is 1. The molecule has 6 heteroatoms. The van der Waals surface area contributed by atoms with Gasteiger partial charge in [0, 0.05) is 37.6 Å². The number of hydrogen-bond acceptors (Lipinski definition) is 2. The van der Waals surface area contributed by atoms with Crippen LogP contribution in [0.5, 0.6) is 0 Å². The molecule has 5 nitrogen and oxygen atoms in total. The normalized spacial score (nSPS) is 11.5. The van der Waals surface area contributed by atoms with Crippen LogP contribution in [0.2, 0.25) is 5.02 Å². The van der Waals surface area contributed by atoms with E-state index in [2.05, 4.69) is 15.6 Å². The molecule has 1 aromatic carbocycles. The van der Waals surface area contributed by atoms with Crippen LogP contribution >= 0.6 is 11.6 Å². The van der Waals surface area contributed by atoms with Crippen molar-refractivity contribution in [2.45, 2.75) is 27.3 Å². The Bertz CT molecular complexity index is 531. The SMILES string of the molecule is CCNC(=NCCNC(=O)C(C)C)N(C)Cc1ccccc1Cl. The maximum atomic E-state index is 11.5. The minimum atomic E-state index is -0.00453. The number of benzene rings is 1. The van der Waals surface area contributed by atoms with E-state index in [4.69, 9.17) is 11.6 Å². The zero-order valence-electron chi connectivity index (χ0n) is 14.4. The van der Waals surface area contributed by atoms with Gasteiger partial charge < -0.3 is 15.5 Å². The average Bonchev–Trinajstić information content (AvgIpc) is 2.52. The number of carbonyl (C=O) groups excluding carboxylic acids is 1. The predicted octanol–water partition coefficient (Wildman–Crippen LogP) is 2.51. The fourth-order valence-corrected chi connectivity index (χ4v) is 2.17. The van der Waals surface area contributed by atoms with Crippen molar-refractivity contribution in [2.24, 2.45) is 10.9 Å². The largest absolute Gasteiger partial charge is 0.357 e. The quantitative estimate of drug-likeness (QED) is 0.456. The molecule has 1 aromatic rings. The van der Waals surface area contributed by atoms with Gasteiger partial charge in [-0.1, -0.05) is 43.6 Å². The number of nitrogens with zero attached hydrogens (tertiary/aromatic N) is 2. The van der Waals surface area contributed by atoms with E-state index in [1.807, 2.05) is 57.0 Å². The summed E-state index contributed by atoms with van der Waals surface area (Å²) in [6.07, 6.45) is 0. The van der Waals surface area contributed by atoms with Crippen LogP contribution < -0.4 is 10.6 Å². The summed E-state index contributed by atoms with van der Waals surface area (Å²) in [4.78, 5) is 18.1. The van der Waals surface area contributed by atoms with Crippen LogP contribution in [0.3, 0.4) is 0 Å². The predicted molar refractivity (Wildman–Crippen MR) is 96.7 cm³/mol. The highest BCUT2D eigenvalue weighted by atomic mass is 35.5. The van der Waals surface area contributed by atoms with Crippen molar-refractivity contribution in [3.63, 3.8) is 0 Å². The molecule has 0 spiro atoms. The Hall–Kier alpha value is -1.75. The van der Waals surface area contributed by atoms with Crippen LogP contribution in [-0.4, -0.2) is 43.4 Å². The number of aliphatic imine (C=N–C) groups is 1. The van der Waals surface area contributed by atoms with Crippen molar-refractivity contribution in [2.75, 3.05) is 26.7 Å². The summed E-state index contributed by atoms with van der Waals surface area (Å²) in [6, 6.07) is 7.78. The Balaban J connectivity index is 2.60. The summed E-state index contributed by atoms with van der Waals surface area (Å²) >= 11 is 6.21. The molecule has 0 unspecified atom stereocenters. The van der Waals surface area contributed by atoms with Gasteiger partial charge in [0.25, 0.3) is 0 Å². The van der Waals surface area contributed by atoms with E-state index < -0.39 is 0 Å². The summed E-state index contributed by atoms with van der Waals surface area (Å²) in [7, 11) is 1.97. The van der Waals surface area contributed by atoms with Crippen LogP contribution in [0.25, 0.3) is 0 Å². The fourth-order valence-electron chi connectivity index (χ4n) is 1.97. The third-order valence-corrected chi connectivity index (χ3v) is 3.63. The first-order valence-electron chi connectivity index (χ1n) is 7.96. The molecule has 0 saturated heterocycles. The van der Waals surface area contributed by atoms with Gasteiger partial charge in [-0.25, -0.2) is 0 Å². The van der Waals surface area contributed by atoms with Gasteiger partial charge >= 0.3 is 0 Å². The highest BCUT2D eigenvalue weighted by Gasteiger charge is 2.09. The monoisotopic (exact) mass is 338 g/mol. The van der Waals surface area contributed by atoms with E-state index >= 15 is 0 Å². The first-order chi connectivity index (χ1) is 11.0. The third-order valence-electron chi connectivity index (χ3n) is 3.26. The molecule has 2 N–H and O–H groups in total. The minimum absolute atomic E-state index is 0.00453. The first-order valence-corrected chi connectivity index (χ1v) is 8.34. The number of guanidine groups is 1. The van der Waals surface area contributed by atoms with Crippen molar-refractivity contribution in [3.05, 3.63) is 34.9 Å². The molecule has 1 amide bonds. The standard InChI is InChI=1S/C17H27ClN4O/c1-5-19-17(21-11-10-20-16(23)13(2)3)22(4)12-14-8-6-7-9-15(14)18/h6-9,13H,5,10-12H2,1-4H3,(H,19,21)(H,20,23). The Kier molecular flexibility index (Phi) is 8.48. The third kappa shape index (κ3) is 6.91. The molecule has 0 heterocycles. The van der Waals surface area contributed by atoms with Crippen LogP contribution in [0.15, 0.2) is 29.3 Å². The van der Waals surface area contributed by atoms with E-state index in [1.165, 1.54) is 0 Å². The van der Waals surface area contributed by atoms with E-state index in [9.17, 15) is 4.79 Å². The second-order valence-electron chi connectivity index (χ2n) is 5.63. The van der Waals surface area contributed by atoms with Gasteiger partial charge in [-0.2, -0.15) is 0 Å². The maximum Gasteiger partial charge on any atom is 0.222 e. The van der Waals surface area contributed by atoms with Gasteiger partial charge in [0.2, 0.25) is 5.91 Å². The van der Waals surface area contributed by atoms with Crippen molar-refractivity contribution in [3.8, 4) is 0 Å². The first kappa shape index (κ1) is 19.3. The molecule has 0 aliphatic rings. The van der Waals surface area contributed by atoms with E-state index in [0.717, 1.165) is 23.1 Å². The molecule has 0 fully saturated rings. The second kappa shape index (κ2) is 10.1. The van der Waals surface area contributed by atoms with Gasteiger partial charge in [-0.15, -0.1) is 0 Å². The second-order valence-corrected chi connectivity index (χ2v) is 6.04. The molecule has 0 atom stereocenters. The summed E-state index contributed by atoms with van der Waals surface area (Å²) in [5.41, 5.74) is 1.05. The zero-order chi connectivity index (χ0) is 17.2. The Morgan fingerprint density at radius 1 is 1.30 bits per heavy atom. The van der Waals surface area contributed by atoms with E-state index in [1.54, 1.807) is 0 Å². The number of hydrogen-bond donors (Lipinski definition) is 2. The molecule has 23 heavy (non-hydrogen) atoms. The Morgan fingerprint density at radius 3 is 2.61 bits per heavy atom. The molecule has 0 aliphatic heterocycles. The molecular weight excluding hydrogens is 312 g/mol. The van der Waals surface area contributed by atoms with Crippen LogP contribution in [0, 0.1) is 5.92 Å². The van der Waals surface area contributed by atoms with E-state index in [-0.39, 0.29) is 11.8 Å². The molecule has 1 rings (SSSR count). The number of halogens is 1. The lowest BCUT2D eigenvalue weighted by Gasteiger charge is -2.22. The van der Waals surface area contributed by atoms with Crippen molar-refractivity contribution >= 4 is 23.5 Å².